The first-order valence-corrected chi connectivity index (χ1v) is 5.37. The molecule has 10 nitrogen and oxygen atoms in total. The average Bonchev–Trinajstić information content (AvgIpc) is 2.67. The van der Waals surface area contributed by atoms with Gasteiger partial charge >= 0.3 is 5.69 Å². The van der Waals surface area contributed by atoms with Gasteiger partial charge in [-0.05, 0) is 5.53 Å². The molecule has 0 bridgehead atoms. The van der Waals surface area contributed by atoms with Crippen LogP contribution in [0.25, 0.3) is 10.4 Å². The van der Waals surface area contributed by atoms with Gasteiger partial charge < -0.3 is 14.9 Å². The second kappa shape index (κ2) is 4.86. The second-order valence-electron chi connectivity index (χ2n) is 4.03. The first-order valence-electron chi connectivity index (χ1n) is 5.37. The molecule has 0 spiro atoms. The van der Waals surface area contributed by atoms with Crippen LogP contribution in [0.2, 0.25) is 0 Å². The Morgan fingerprint density at radius 1 is 1.68 bits per heavy atom. The van der Waals surface area contributed by atoms with E-state index in [4.69, 9.17) is 10.3 Å². The van der Waals surface area contributed by atoms with Crippen molar-refractivity contribution in [2.24, 2.45) is 5.11 Å². The Morgan fingerprint density at radius 3 is 3.00 bits per heavy atom. The third-order valence-electron chi connectivity index (χ3n) is 2.89. The minimum Gasteiger partial charge on any atom is -0.393 e. The van der Waals surface area contributed by atoms with Gasteiger partial charge in [-0.2, -0.15) is 0 Å². The lowest BCUT2D eigenvalue weighted by Gasteiger charge is -2.24. The average molecular weight is 269 g/mol. The normalized spacial score (nSPS) is 30.0. The number of aliphatic hydroxyl groups is 2. The molecule has 0 amide bonds. The van der Waals surface area contributed by atoms with Crippen LogP contribution in [0.5, 0.6) is 0 Å². The van der Waals surface area contributed by atoms with E-state index in [0.717, 1.165) is 10.6 Å². The van der Waals surface area contributed by atoms with Crippen molar-refractivity contribution in [2.45, 2.75) is 24.5 Å². The van der Waals surface area contributed by atoms with Crippen LogP contribution in [0.1, 0.15) is 12.6 Å². The van der Waals surface area contributed by atoms with E-state index in [2.05, 4.69) is 10.0 Å². The molecule has 1 aromatic heterocycles. The predicted octanol–water partition coefficient (Wildman–Crippen LogP) is -1.18. The fourth-order valence-corrected chi connectivity index (χ4v) is 1.90. The van der Waals surface area contributed by atoms with Crippen molar-refractivity contribution in [1.29, 1.82) is 0 Å². The smallest absolute Gasteiger partial charge is 0.330 e. The predicted molar refractivity (Wildman–Crippen MR) is 61.0 cm³/mol. The molecule has 102 valence electrons. The highest BCUT2D eigenvalue weighted by Crippen LogP contribution is 2.36. The largest absolute Gasteiger partial charge is 0.393 e. The summed E-state index contributed by atoms with van der Waals surface area (Å²) in [6.07, 6.45) is -1.08. The number of aromatic amines is 1. The monoisotopic (exact) mass is 269 g/mol. The number of nitrogens with one attached hydrogen (secondary N) is 1. The van der Waals surface area contributed by atoms with Gasteiger partial charge in [-0.1, -0.05) is 5.11 Å². The summed E-state index contributed by atoms with van der Waals surface area (Å²) in [6, 6.07) is 1.11. The summed E-state index contributed by atoms with van der Waals surface area (Å²) in [7, 11) is 0. The van der Waals surface area contributed by atoms with Gasteiger partial charge in [0.25, 0.3) is 5.56 Å². The molecule has 3 atom stereocenters. The molecule has 1 fully saturated rings. The maximum Gasteiger partial charge on any atom is 0.330 e. The molecule has 0 aliphatic carbocycles. The van der Waals surface area contributed by atoms with Gasteiger partial charge in [-0.3, -0.25) is 14.3 Å². The van der Waals surface area contributed by atoms with E-state index in [1.165, 1.54) is 6.20 Å². The molecule has 3 N–H and O–H groups in total. The lowest BCUT2D eigenvalue weighted by Crippen LogP contribution is -2.41. The van der Waals surface area contributed by atoms with Gasteiger partial charge in [0, 0.05) is 23.6 Å². The number of aliphatic hydroxyl groups excluding tert-OH is 2. The molecule has 19 heavy (non-hydrogen) atoms. The summed E-state index contributed by atoms with van der Waals surface area (Å²) in [5.41, 5.74) is 5.32. The Kier molecular flexibility index (Phi) is 3.40. The molecular formula is C9H11N5O5. The summed E-state index contributed by atoms with van der Waals surface area (Å²) in [6.45, 7) is -0.729. The van der Waals surface area contributed by atoms with Crippen molar-refractivity contribution < 1.29 is 14.9 Å². The minimum atomic E-state index is -1.82. The van der Waals surface area contributed by atoms with Crippen LogP contribution in [0.3, 0.4) is 0 Å². The molecule has 1 aliphatic heterocycles. The van der Waals surface area contributed by atoms with Gasteiger partial charge in [0.05, 0.1) is 12.7 Å². The second-order valence-corrected chi connectivity index (χ2v) is 4.03. The quantitative estimate of drug-likeness (QED) is 0.358. The first-order chi connectivity index (χ1) is 9.02. The number of nitrogens with zero attached hydrogens (tertiary/aromatic N) is 4. The van der Waals surface area contributed by atoms with Gasteiger partial charge in [0.2, 0.25) is 0 Å². The number of rotatable bonds is 3. The lowest BCUT2D eigenvalue weighted by atomic mass is 10.1. The Morgan fingerprint density at radius 2 is 2.42 bits per heavy atom. The van der Waals surface area contributed by atoms with Crippen molar-refractivity contribution in [1.82, 2.24) is 9.55 Å². The molecule has 1 aromatic rings. The first kappa shape index (κ1) is 13.3. The molecule has 0 saturated carbocycles. The van der Waals surface area contributed by atoms with Crippen LogP contribution in [0.4, 0.5) is 0 Å². The minimum absolute atomic E-state index is 0.0640. The third kappa shape index (κ3) is 2.25. The maximum absolute atomic E-state index is 11.6. The number of hydrogen-bond acceptors (Lipinski definition) is 6. The summed E-state index contributed by atoms with van der Waals surface area (Å²) in [5.74, 6) is 0. The van der Waals surface area contributed by atoms with Gasteiger partial charge in [0.15, 0.2) is 5.72 Å². The standard InChI is InChI=1S/C9H11N5O5/c10-13-12-9(4-15)5(16)3-7(19-9)14-2-1-6(17)11-8(14)18/h1-2,5,7,15-16H,3-4H2,(H,11,17,18)/t5?,7-,9-/m0/s1. The van der Waals surface area contributed by atoms with E-state index in [-0.39, 0.29) is 6.42 Å². The summed E-state index contributed by atoms with van der Waals surface area (Å²) in [4.78, 5) is 27.1. The van der Waals surface area contributed by atoms with Crippen LogP contribution < -0.4 is 11.2 Å². The molecular weight excluding hydrogens is 258 g/mol. The Balaban J connectivity index is 2.37. The van der Waals surface area contributed by atoms with Crippen LogP contribution in [0, 0.1) is 0 Å². The van der Waals surface area contributed by atoms with Crippen LogP contribution in [0.15, 0.2) is 27.0 Å². The SMILES string of the molecule is [N-]=[N+]=N[C@@]1(CO)O[C@H](n2ccc(=O)[nH]c2=O)CC1O. The molecule has 1 unspecified atom stereocenters. The lowest BCUT2D eigenvalue weighted by molar-refractivity contribution is -0.124. The fraction of sp³-hybridized carbons (Fsp3) is 0.556. The van der Waals surface area contributed by atoms with Gasteiger partial charge in [-0.15, -0.1) is 0 Å². The zero-order valence-electron chi connectivity index (χ0n) is 9.63. The highest BCUT2D eigenvalue weighted by atomic mass is 16.6. The summed E-state index contributed by atoms with van der Waals surface area (Å²) >= 11 is 0. The highest BCUT2D eigenvalue weighted by molar-refractivity contribution is 4.95. The fourth-order valence-electron chi connectivity index (χ4n) is 1.90. The molecule has 0 aromatic carbocycles. The van der Waals surface area contributed by atoms with Crippen LogP contribution in [-0.2, 0) is 4.74 Å². The summed E-state index contributed by atoms with van der Waals surface area (Å²) < 4.78 is 6.31. The van der Waals surface area contributed by atoms with Crippen molar-refractivity contribution in [3.8, 4) is 0 Å². The summed E-state index contributed by atoms with van der Waals surface area (Å²) in [5, 5.41) is 22.3. The molecule has 1 saturated heterocycles. The van der Waals surface area contributed by atoms with Gasteiger partial charge in [0.1, 0.15) is 6.23 Å². The topological polar surface area (TPSA) is 153 Å². The number of H-pyrrole nitrogens is 1. The molecule has 1 aliphatic rings. The zero-order chi connectivity index (χ0) is 14.0. The van der Waals surface area contributed by atoms with E-state index in [1.54, 1.807) is 0 Å². The highest BCUT2D eigenvalue weighted by Gasteiger charge is 2.48. The van der Waals surface area contributed by atoms with Crippen molar-refractivity contribution in [3.63, 3.8) is 0 Å². The van der Waals surface area contributed by atoms with E-state index in [9.17, 15) is 19.8 Å². The van der Waals surface area contributed by atoms with E-state index >= 15 is 0 Å². The zero-order valence-corrected chi connectivity index (χ0v) is 9.63. The van der Waals surface area contributed by atoms with Crippen molar-refractivity contribution >= 4 is 0 Å². The van der Waals surface area contributed by atoms with Crippen LogP contribution >= 0.6 is 0 Å². The Bertz CT molecular complexity index is 632. The van der Waals surface area contributed by atoms with Crippen LogP contribution in [-0.4, -0.2) is 38.2 Å². The van der Waals surface area contributed by atoms with Gasteiger partial charge in [-0.25, -0.2) is 4.79 Å². The molecule has 2 rings (SSSR count). The number of azide groups is 1. The number of ether oxygens (including phenoxy) is 1. The molecule has 10 heteroatoms. The molecule has 0 radical (unpaired) electrons. The third-order valence-corrected chi connectivity index (χ3v) is 2.89. The number of aromatic nitrogens is 2. The van der Waals surface area contributed by atoms with E-state index < -0.39 is 35.9 Å². The number of hydrogen-bond donors (Lipinski definition) is 3. The maximum atomic E-state index is 11.6. The Labute approximate surface area is 105 Å². The molecule has 2 heterocycles. The van der Waals surface area contributed by atoms with E-state index in [1.807, 2.05) is 4.98 Å². The van der Waals surface area contributed by atoms with Crippen molar-refractivity contribution in [3.05, 3.63) is 43.5 Å². The Hall–Kier alpha value is -2.13. The van der Waals surface area contributed by atoms with E-state index in [0.29, 0.717) is 0 Å². The van der Waals surface area contributed by atoms with Crippen molar-refractivity contribution in [2.75, 3.05) is 6.61 Å².